The number of anilines is 1. The molecule has 0 radical (unpaired) electrons. The molecular weight excluding hydrogens is 343 g/mol. The largest absolute Gasteiger partial charge is 0.449 e. The summed E-state index contributed by atoms with van der Waals surface area (Å²) in [5.41, 5.74) is 0.297. The Morgan fingerprint density at radius 1 is 1.23 bits per heavy atom. The van der Waals surface area contributed by atoms with Crippen LogP contribution in [-0.2, 0) is 14.3 Å². The molecule has 0 aromatic heterocycles. The molecule has 0 saturated carbocycles. The number of ether oxygens (including phenoxy) is 1. The normalized spacial score (nSPS) is 11.8. The van der Waals surface area contributed by atoms with E-state index >= 15 is 0 Å². The highest BCUT2D eigenvalue weighted by Gasteiger charge is 2.17. The Kier molecular flexibility index (Phi) is 6.15. The quantitative estimate of drug-likeness (QED) is 0.370. The first-order valence-electron chi connectivity index (χ1n) is 7.55. The van der Waals surface area contributed by atoms with E-state index in [0.717, 1.165) is 6.08 Å². The molecule has 1 atom stereocenters. The molecule has 0 spiro atoms. The van der Waals surface area contributed by atoms with Crippen LogP contribution in [0.4, 0.5) is 15.8 Å². The lowest BCUT2D eigenvalue weighted by atomic mass is 10.2. The highest BCUT2D eigenvalue weighted by molar-refractivity contribution is 5.96. The number of hydrogen-bond acceptors (Lipinski definition) is 5. The number of hydrogen-bond donors (Lipinski definition) is 1. The summed E-state index contributed by atoms with van der Waals surface area (Å²) in [6.45, 7) is 1.34. The van der Waals surface area contributed by atoms with Crippen LogP contribution in [-0.4, -0.2) is 22.9 Å². The van der Waals surface area contributed by atoms with Gasteiger partial charge in [-0.05, 0) is 30.7 Å². The number of non-ortho nitro benzene ring substituents is 1. The molecule has 134 valence electrons. The molecule has 1 amide bonds. The molecule has 0 fully saturated rings. The van der Waals surface area contributed by atoms with Crippen LogP contribution in [0.5, 0.6) is 0 Å². The molecule has 0 heterocycles. The van der Waals surface area contributed by atoms with E-state index in [0.29, 0.717) is 5.56 Å². The fraction of sp³-hybridized carbons (Fsp3) is 0.111. The van der Waals surface area contributed by atoms with Crippen molar-refractivity contribution in [3.8, 4) is 0 Å². The second kappa shape index (κ2) is 8.52. The van der Waals surface area contributed by atoms with Crippen LogP contribution in [0.15, 0.2) is 54.6 Å². The molecule has 7 nitrogen and oxygen atoms in total. The number of benzene rings is 2. The minimum absolute atomic E-state index is 0.0208. The number of nitrogens with one attached hydrogen (secondary N) is 1. The molecule has 0 aliphatic carbocycles. The van der Waals surface area contributed by atoms with Gasteiger partial charge in [0, 0.05) is 18.2 Å². The molecule has 0 bridgehead atoms. The van der Waals surface area contributed by atoms with Gasteiger partial charge in [-0.1, -0.05) is 24.3 Å². The van der Waals surface area contributed by atoms with Crippen molar-refractivity contribution < 1.29 is 23.6 Å². The smallest absolute Gasteiger partial charge is 0.331 e. The Morgan fingerprint density at radius 3 is 2.65 bits per heavy atom. The fourth-order valence-corrected chi connectivity index (χ4v) is 1.97. The van der Waals surface area contributed by atoms with Crippen molar-refractivity contribution in [3.05, 3.63) is 76.1 Å². The van der Waals surface area contributed by atoms with Gasteiger partial charge in [0.15, 0.2) is 6.10 Å². The number of halogens is 1. The topological polar surface area (TPSA) is 98.5 Å². The number of nitro benzene ring substituents is 1. The predicted molar refractivity (Wildman–Crippen MR) is 92.7 cm³/mol. The van der Waals surface area contributed by atoms with Crippen LogP contribution >= 0.6 is 0 Å². The summed E-state index contributed by atoms with van der Waals surface area (Å²) < 4.78 is 18.4. The zero-order chi connectivity index (χ0) is 19.1. The van der Waals surface area contributed by atoms with Crippen molar-refractivity contribution in [3.63, 3.8) is 0 Å². The predicted octanol–water partition coefficient (Wildman–Crippen LogP) is 3.32. The maximum Gasteiger partial charge on any atom is 0.331 e. The number of carbonyl (C=O) groups is 2. The lowest BCUT2D eigenvalue weighted by Crippen LogP contribution is -2.29. The van der Waals surface area contributed by atoms with E-state index < -0.39 is 28.7 Å². The Balaban J connectivity index is 1.94. The van der Waals surface area contributed by atoms with E-state index in [9.17, 15) is 24.1 Å². The third kappa shape index (κ3) is 5.23. The summed E-state index contributed by atoms with van der Waals surface area (Å²) in [4.78, 5) is 33.9. The van der Waals surface area contributed by atoms with Crippen LogP contribution in [0.3, 0.4) is 0 Å². The molecule has 2 aromatic rings. The standard InChI is InChI=1S/C18H15FN2O5/c1-12(18(23)20-16-8-3-2-7-15(16)19)26-17(22)10-9-13-5-4-6-14(11-13)21(24)25/h2-12H,1H3,(H,20,23)/b10-9+. The Hall–Kier alpha value is -3.55. The van der Waals surface area contributed by atoms with Gasteiger partial charge in [-0.25, -0.2) is 9.18 Å². The van der Waals surface area contributed by atoms with Gasteiger partial charge in [0.25, 0.3) is 11.6 Å². The third-order valence-corrected chi connectivity index (χ3v) is 3.29. The van der Waals surface area contributed by atoms with Crippen molar-refractivity contribution in [1.82, 2.24) is 0 Å². The second-order valence-corrected chi connectivity index (χ2v) is 5.23. The Morgan fingerprint density at radius 2 is 1.96 bits per heavy atom. The minimum Gasteiger partial charge on any atom is -0.449 e. The summed E-state index contributed by atoms with van der Waals surface area (Å²) in [6, 6.07) is 11.3. The number of para-hydroxylation sites is 1. The van der Waals surface area contributed by atoms with Gasteiger partial charge < -0.3 is 10.1 Å². The Labute approximate surface area is 148 Å². The summed E-state index contributed by atoms with van der Waals surface area (Å²) in [5, 5.41) is 13.0. The van der Waals surface area contributed by atoms with E-state index in [1.54, 1.807) is 12.1 Å². The first-order chi connectivity index (χ1) is 12.4. The summed E-state index contributed by atoms with van der Waals surface area (Å²) in [7, 11) is 0. The molecule has 2 rings (SSSR count). The van der Waals surface area contributed by atoms with Crippen LogP contribution in [0, 0.1) is 15.9 Å². The van der Waals surface area contributed by atoms with Crippen molar-refractivity contribution in [2.24, 2.45) is 0 Å². The molecule has 2 aromatic carbocycles. The van der Waals surface area contributed by atoms with Crippen LogP contribution < -0.4 is 5.32 Å². The van der Waals surface area contributed by atoms with Gasteiger partial charge >= 0.3 is 5.97 Å². The third-order valence-electron chi connectivity index (χ3n) is 3.29. The number of esters is 1. The van der Waals surface area contributed by atoms with E-state index in [4.69, 9.17) is 4.74 Å². The summed E-state index contributed by atoms with van der Waals surface area (Å²) >= 11 is 0. The van der Waals surface area contributed by atoms with Crippen molar-refractivity contribution in [1.29, 1.82) is 0 Å². The highest BCUT2D eigenvalue weighted by Crippen LogP contribution is 2.15. The average Bonchev–Trinajstić information content (AvgIpc) is 2.62. The van der Waals surface area contributed by atoms with Crippen LogP contribution in [0.2, 0.25) is 0 Å². The van der Waals surface area contributed by atoms with Gasteiger partial charge in [0.05, 0.1) is 10.6 Å². The summed E-state index contributed by atoms with van der Waals surface area (Å²) in [6.07, 6.45) is 1.22. The van der Waals surface area contributed by atoms with E-state index in [2.05, 4.69) is 5.32 Å². The van der Waals surface area contributed by atoms with Crippen molar-refractivity contribution in [2.75, 3.05) is 5.32 Å². The number of rotatable bonds is 6. The second-order valence-electron chi connectivity index (χ2n) is 5.23. The van der Waals surface area contributed by atoms with Gasteiger partial charge in [-0.3, -0.25) is 14.9 Å². The van der Waals surface area contributed by atoms with Gasteiger partial charge in [0.2, 0.25) is 0 Å². The van der Waals surface area contributed by atoms with Gasteiger partial charge in [-0.15, -0.1) is 0 Å². The van der Waals surface area contributed by atoms with E-state index in [1.165, 1.54) is 49.4 Å². The molecular formula is C18H15FN2O5. The molecule has 0 aliphatic rings. The minimum atomic E-state index is -1.16. The van der Waals surface area contributed by atoms with Crippen LogP contribution in [0.25, 0.3) is 6.08 Å². The SMILES string of the molecule is CC(OC(=O)/C=C/c1cccc([N+](=O)[O-])c1)C(=O)Nc1ccccc1F. The molecule has 1 N–H and O–H groups in total. The van der Waals surface area contributed by atoms with Gasteiger partial charge in [-0.2, -0.15) is 0 Å². The van der Waals surface area contributed by atoms with Crippen LogP contribution in [0.1, 0.15) is 12.5 Å². The number of nitro groups is 1. The first-order valence-corrected chi connectivity index (χ1v) is 7.55. The number of nitrogens with zero attached hydrogens (tertiary/aromatic N) is 1. The van der Waals surface area contributed by atoms with E-state index in [-0.39, 0.29) is 11.4 Å². The lowest BCUT2D eigenvalue weighted by molar-refractivity contribution is -0.384. The zero-order valence-electron chi connectivity index (χ0n) is 13.7. The maximum atomic E-state index is 13.5. The molecule has 0 aliphatic heterocycles. The number of amides is 1. The fourth-order valence-electron chi connectivity index (χ4n) is 1.97. The van der Waals surface area contributed by atoms with E-state index in [1.807, 2.05) is 0 Å². The lowest BCUT2D eigenvalue weighted by Gasteiger charge is -2.12. The number of carbonyl (C=O) groups excluding carboxylic acids is 2. The maximum absolute atomic E-state index is 13.5. The van der Waals surface area contributed by atoms with Crippen molar-refractivity contribution >= 4 is 29.3 Å². The first kappa shape index (κ1) is 18.8. The molecule has 8 heteroatoms. The molecule has 26 heavy (non-hydrogen) atoms. The monoisotopic (exact) mass is 358 g/mol. The molecule has 1 unspecified atom stereocenters. The van der Waals surface area contributed by atoms with Gasteiger partial charge in [0.1, 0.15) is 5.82 Å². The average molecular weight is 358 g/mol. The highest BCUT2D eigenvalue weighted by atomic mass is 19.1. The summed E-state index contributed by atoms with van der Waals surface area (Å²) in [5.74, 6) is -2.11. The molecule has 0 saturated heterocycles. The zero-order valence-corrected chi connectivity index (χ0v) is 13.7. The van der Waals surface area contributed by atoms with Crippen molar-refractivity contribution in [2.45, 2.75) is 13.0 Å². The Bertz CT molecular complexity index is 866.